The molecule has 0 bridgehead atoms. The van der Waals surface area contributed by atoms with Gasteiger partial charge in [0.2, 0.25) is 5.91 Å². The van der Waals surface area contributed by atoms with Crippen molar-refractivity contribution in [3.63, 3.8) is 0 Å². The summed E-state index contributed by atoms with van der Waals surface area (Å²) in [6.45, 7) is 2.14. The number of nitrogens with zero attached hydrogens (tertiary/aromatic N) is 2. The van der Waals surface area contributed by atoms with Gasteiger partial charge in [-0.25, -0.2) is 4.68 Å². The zero-order valence-corrected chi connectivity index (χ0v) is 13.9. The lowest BCUT2D eigenvalue weighted by Crippen LogP contribution is -2.24. The van der Waals surface area contributed by atoms with Crippen LogP contribution < -0.4 is 10.6 Å². The lowest BCUT2D eigenvalue weighted by Gasteiger charge is -2.15. The zero-order valence-electron chi connectivity index (χ0n) is 13.2. The number of benzene rings is 1. The Kier molecular flexibility index (Phi) is 4.86. The van der Waals surface area contributed by atoms with Crippen LogP contribution in [0.25, 0.3) is 0 Å². The number of amides is 1. The Labute approximate surface area is 141 Å². The van der Waals surface area contributed by atoms with E-state index in [1.807, 2.05) is 35.9 Å². The van der Waals surface area contributed by atoms with Gasteiger partial charge in [-0.1, -0.05) is 30.5 Å². The highest BCUT2D eigenvalue weighted by atomic mass is 35.5. The van der Waals surface area contributed by atoms with Crippen molar-refractivity contribution >= 4 is 29.0 Å². The average molecular weight is 333 g/mol. The summed E-state index contributed by atoms with van der Waals surface area (Å²) in [5.41, 5.74) is 1.85. The van der Waals surface area contributed by atoms with Crippen molar-refractivity contribution in [2.24, 2.45) is 0 Å². The molecule has 1 aromatic heterocycles. The average Bonchev–Trinajstić information content (AvgIpc) is 3.17. The standard InChI is InChI=1S/C17H21ClN4O/c1-12-6-7-15(14(18)10-12)19-11-17(23)21-16-8-9-20-22(16)13-4-2-3-5-13/h6-10,13,19H,2-5,11H2,1H3,(H,21,23). The van der Waals surface area contributed by atoms with Crippen LogP contribution in [-0.2, 0) is 4.79 Å². The number of aromatic nitrogens is 2. The van der Waals surface area contributed by atoms with E-state index in [9.17, 15) is 4.79 Å². The molecule has 1 amide bonds. The van der Waals surface area contributed by atoms with E-state index in [1.165, 1.54) is 12.8 Å². The maximum absolute atomic E-state index is 12.2. The molecule has 1 saturated carbocycles. The quantitative estimate of drug-likeness (QED) is 0.869. The van der Waals surface area contributed by atoms with Gasteiger partial charge in [-0.05, 0) is 37.5 Å². The van der Waals surface area contributed by atoms with Gasteiger partial charge in [-0.2, -0.15) is 5.10 Å². The monoisotopic (exact) mass is 332 g/mol. The third kappa shape index (κ3) is 3.85. The fraction of sp³-hybridized carbons (Fsp3) is 0.412. The highest BCUT2D eigenvalue weighted by Crippen LogP contribution is 2.31. The third-order valence-corrected chi connectivity index (χ3v) is 4.49. The van der Waals surface area contributed by atoms with E-state index in [2.05, 4.69) is 15.7 Å². The molecule has 1 fully saturated rings. The van der Waals surface area contributed by atoms with Crippen LogP contribution in [0.3, 0.4) is 0 Å². The number of hydrogen-bond acceptors (Lipinski definition) is 3. The van der Waals surface area contributed by atoms with Crippen LogP contribution in [0.5, 0.6) is 0 Å². The summed E-state index contributed by atoms with van der Waals surface area (Å²) in [5.74, 6) is 0.653. The van der Waals surface area contributed by atoms with Crippen LogP contribution in [0.4, 0.5) is 11.5 Å². The summed E-state index contributed by atoms with van der Waals surface area (Å²) < 4.78 is 1.93. The SMILES string of the molecule is Cc1ccc(NCC(=O)Nc2ccnn2C2CCCC2)c(Cl)c1. The smallest absolute Gasteiger partial charge is 0.244 e. The number of carbonyl (C=O) groups excluding carboxylic acids is 1. The number of anilines is 2. The minimum Gasteiger partial charge on any atom is -0.375 e. The topological polar surface area (TPSA) is 59.0 Å². The van der Waals surface area contributed by atoms with Crippen LogP contribution in [0.2, 0.25) is 5.02 Å². The molecule has 0 unspecified atom stereocenters. The molecule has 1 aliphatic rings. The van der Waals surface area contributed by atoms with Gasteiger partial charge in [0.1, 0.15) is 5.82 Å². The van der Waals surface area contributed by atoms with Crippen LogP contribution in [0.15, 0.2) is 30.5 Å². The number of nitrogens with one attached hydrogen (secondary N) is 2. The van der Waals surface area contributed by atoms with Gasteiger partial charge in [-0.15, -0.1) is 0 Å². The van der Waals surface area contributed by atoms with Crippen LogP contribution in [0.1, 0.15) is 37.3 Å². The molecule has 1 heterocycles. The number of aryl methyl sites for hydroxylation is 1. The minimum absolute atomic E-state index is 0.110. The Bertz CT molecular complexity index is 692. The summed E-state index contributed by atoms with van der Waals surface area (Å²) >= 11 is 6.16. The Morgan fingerprint density at radius 1 is 1.35 bits per heavy atom. The molecule has 3 rings (SSSR count). The highest BCUT2D eigenvalue weighted by Gasteiger charge is 2.20. The number of carbonyl (C=O) groups is 1. The van der Waals surface area contributed by atoms with Crippen molar-refractivity contribution < 1.29 is 4.79 Å². The maximum Gasteiger partial charge on any atom is 0.244 e. The molecular formula is C17H21ClN4O. The molecule has 0 radical (unpaired) electrons. The molecule has 5 nitrogen and oxygen atoms in total. The first-order valence-corrected chi connectivity index (χ1v) is 8.34. The van der Waals surface area contributed by atoms with E-state index in [4.69, 9.17) is 11.6 Å². The number of halogens is 1. The molecule has 2 aromatic rings. The summed E-state index contributed by atoms with van der Waals surface area (Å²) in [4.78, 5) is 12.2. The fourth-order valence-corrected chi connectivity index (χ4v) is 3.28. The number of hydrogen-bond donors (Lipinski definition) is 2. The van der Waals surface area contributed by atoms with Crippen LogP contribution in [-0.4, -0.2) is 22.2 Å². The van der Waals surface area contributed by atoms with Gasteiger partial charge >= 0.3 is 0 Å². The number of rotatable bonds is 5. The summed E-state index contributed by atoms with van der Waals surface area (Å²) in [6, 6.07) is 7.96. The highest BCUT2D eigenvalue weighted by molar-refractivity contribution is 6.33. The minimum atomic E-state index is -0.110. The first-order chi connectivity index (χ1) is 11.1. The Hall–Kier alpha value is -2.01. The molecular weight excluding hydrogens is 312 g/mol. The van der Waals surface area contributed by atoms with Crippen LogP contribution >= 0.6 is 11.6 Å². The molecule has 1 aliphatic carbocycles. The lowest BCUT2D eigenvalue weighted by atomic mass is 10.2. The Morgan fingerprint density at radius 2 is 2.13 bits per heavy atom. The van der Waals surface area contributed by atoms with Crippen molar-refractivity contribution in [1.82, 2.24) is 9.78 Å². The summed E-state index contributed by atoms with van der Waals surface area (Å²) in [5, 5.41) is 11.0. The van der Waals surface area contributed by atoms with Crippen molar-refractivity contribution in [1.29, 1.82) is 0 Å². The van der Waals surface area contributed by atoms with Gasteiger partial charge in [0.25, 0.3) is 0 Å². The first kappa shape index (κ1) is 15.9. The Balaban J connectivity index is 1.58. The van der Waals surface area contributed by atoms with Crippen LogP contribution in [0, 0.1) is 6.92 Å². The van der Waals surface area contributed by atoms with Crippen molar-refractivity contribution in [3.05, 3.63) is 41.0 Å². The van der Waals surface area contributed by atoms with Gasteiger partial charge in [0.05, 0.1) is 29.5 Å². The first-order valence-electron chi connectivity index (χ1n) is 7.97. The largest absolute Gasteiger partial charge is 0.375 e. The summed E-state index contributed by atoms with van der Waals surface area (Å²) in [7, 11) is 0. The normalized spacial score (nSPS) is 14.9. The maximum atomic E-state index is 12.2. The van der Waals surface area contributed by atoms with Gasteiger partial charge in [-0.3, -0.25) is 4.79 Å². The van der Waals surface area contributed by atoms with Gasteiger partial charge in [0.15, 0.2) is 0 Å². The van der Waals surface area contributed by atoms with Crippen molar-refractivity contribution in [3.8, 4) is 0 Å². The van der Waals surface area contributed by atoms with E-state index in [-0.39, 0.29) is 12.5 Å². The van der Waals surface area contributed by atoms with E-state index < -0.39 is 0 Å². The zero-order chi connectivity index (χ0) is 16.2. The second kappa shape index (κ2) is 7.04. The molecule has 2 N–H and O–H groups in total. The fourth-order valence-electron chi connectivity index (χ4n) is 2.98. The molecule has 0 saturated heterocycles. The third-order valence-electron chi connectivity index (χ3n) is 4.17. The molecule has 122 valence electrons. The predicted octanol–water partition coefficient (Wildman–Crippen LogP) is 4.01. The van der Waals surface area contributed by atoms with Gasteiger partial charge < -0.3 is 10.6 Å². The van der Waals surface area contributed by atoms with Crippen molar-refractivity contribution in [2.75, 3.05) is 17.2 Å². The van der Waals surface area contributed by atoms with Crippen molar-refractivity contribution in [2.45, 2.75) is 38.6 Å². The molecule has 0 atom stereocenters. The predicted molar refractivity (Wildman–Crippen MR) is 93.0 cm³/mol. The second-order valence-corrected chi connectivity index (χ2v) is 6.39. The van der Waals surface area contributed by atoms with E-state index >= 15 is 0 Å². The summed E-state index contributed by atoms with van der Waals surface area (Å²) in [6.07, 6.45) is 6.44. The lowest BCUT2D eigenvalue weighted by molar-refractivity contribution is -0.114. The molecule has 23 heavy (non-hydrogen) atoms. The molecule has 1 aromatic carbocycles. The van der Waals surface area contributed by atoms with E-state index in [0.717, 1.165) is 29.9 Å². The molecule has 6 heteroatoms. The molecule has 0 aliphatic heterocycles. The second-order valence-electron chi connectivity index (χ2n) is 5.98. The van der Waals surface area contributed by atoms with E-state index in [0.29, 0.717) is 11.1 Å². The van der Waals surface area contributed by atoms with E-state index in [1.54, 1.807) is 6.20 Å². The Morgan fingerprint density at radius 3 is 2.87 bits per heavy atom. The van der Waals surface area contributed by atoms with Gasteiger partial charge in [0, 0.05) is 6.07 Å². The molecule has 0 spiro atoms.